The fourth-order valence-corrected chi connectivity index (χ4v) is 2.50. The Morgan fingerprint density at radius 1 is 1.33 bits per heavy atom. The first-order valence-corrected chi connectivity index (χ1v) is 7.17. The van der Waals surface area contributed by atoms with Crippen LogP contribution in [-0.4, -0.2) is 37.2 Å². The highest BCUT2D eigenvalue weighted by atomic mass is 19.4. The number of halogens is 3. The lowest BCUT2D eigenvalue weighted by Gasteiger charge is -2.34. The van der Waals surface area contributed by atoms with Crippen LogP contribution in [0.3, 0.4) is 0 Å². The zero-order valence-electron chi connectivity index (χ0n) is 12.1. The Morgan fingerprint density at radius 3 is 2.57 bits per heavy atom. The number of nitrogens with two attached hydrogens (primary N) is 1. The van der Waals surface area contributed by atoms with E-state index in [-0.39, 0.29) is 12.1 Å². The van der Waals surface area contributed by atoms with E-state index < -0.39 is 11.7 Å². The molecule has 1 aromatic carbocycles. The summed E-state index contributed by atoms with van der Waals surface area (Å²) in [6.45, 7) is 5.02. The maximum atomic E-state index is 12.5. The summed E-state index contributed by atoms with van der Waals surface area (Å²) in [6, 6.07) is 4.81. The third-order valence-corrected chi connectivity index (χ3v) is 3.80. The van der Waals surface area contributed by atoms with Gasteiger partial charge in [-0.25, -0.2) is 0 Å². The summed E-state index contributed by atoms with van der Waals surface area (Å²) in [5.74, 6) is 0. The van der Waals surface area contributed by atoms with Gasteiger partial charge in [0.2, 0.25) is 0 Å². The van der Waals surface area contributed by atoms with Crippen molar-refractivity contribution >= 4 is 0 Å². The first kappa shape index (κ1) is 16.3. The highest BCUT2D eigenvalue weighted by molar-refractivity contribution is 5.26. The molecule has 2 atom stereocenters. The van der Waals surface area contributed by atoms with Gasteiger partial charge in [0.25, 0.3) is 0 Å². The summed E-state index contributed by atoms with van der Waals surface area (Å²) in [5.41, 5.74) is 6.19. The van der Waals surface area contributed by atoms with Gasteiger partial charge >= 0.3 is 6.18 Å². The minimum atomic E-state index is -4.30. The zero-order chi connectivity index (χ0) is 15.5. The topological polar surface area (TPSA) is 38.5 Å². The van der Waals surface area contributed by atoms with Crippen molar-refractivity contribution in [2.45, 2.75) is 31.7 Å². The highest BCUT2D eigenvalue weighted by Gasteiger charge is 2.30. The molecule has 2 N–H and O–H groups in total. The van der Waals surface area contributed by atoms with Gasteiger partial charge in [0.05, 0.1) is 18.3 Å². The predicted octanol–water partition coefficient (Wildman–Crippen LogP) is 2.82. The van der Waals surface area contributed by atoms with E-state index in [0.717, 1.165) is 37.2 Å². The lowest BCUT2D eigenvalue weighted by atomic mass is 10.0. The molecule has 6 heteroatoms. The molecule has 118 valence electrons. The summed E-state index contributed by atoms with van der Waals surface area (Å²) >= 11 is 0. The molecule has 0 spiro atoms. The first-order valence-electron chi connectivity index (χ1n) is 7.17. The number of ether oxygens (including phenoxy) is 1. The molecular weight excluding hydrogens is 281 g/mol. The molecular formula is C15H21F3N2O. The molecule has 1 fully saturated rings. The van der Waals surface area contributed by atoms with Gasteiger partial charge in [-0.05, 0) is 24.1 Å². The Hall–Kier alpha value is -1.11. The van der Waals surface area contributed by atoms with Crippen LogP contribution in [0, 0.1) is 0 Å². The van der Waals surface area contributed by atoms with Gasteiger partial charge in [0.1, 0.15) is 0 Å². The smallest absolute Gasteiger partial charge is 0.376 e. The third kappa shape index (κ3) is 4.43. The Balaban J connectivity index is 1.95. The van der Waals surface area contributed by atoms with Gasteiger partial charge in [-0.2, -0.15) is 13.2 Å². The molecule has 21 heavy (non-hydrogen) atoms. The van der Waals surface area contributed by atoms with Crippen LogP contribution in [0.1, 0.15) is 30.5 Å². The van der Waals surface area contributed by atoms with Gasteiger partial charge in [-0.1, -0.05) is 19.1 Å². The average molecular weight is 302 g/mol. The van der Waals surface area contributed by atoms with Gasteiger partial charge in [0.15, 0.2) is 0 Å². The number of nitrogens with zero attached hydrogens (tertiary/aromatic N) is 1. The number of hydrogen-bond donors (Lipinski definition) is 1. The predicted molar refractivity (Wildman–Crippen MR) is 74.8 cm³/mol. The average Bonchev–Trinajstić information content (AvgIpc) is 2.46. The Morgan fingerprint density at radius 2 is 2.00 bits per heavy atom. The minimum absolute atomic E-state index is 0.221. The van der Waals surface area contributed by atoms with Crippen molar-refractivity contribution < 1.29 is 17.9 Å². The third-order valence-electron chi connectivity index (χ3n) is 3.80. The standard InChI is InChI=1S/C15H21F3N2O/c1-2-13-9-20(7-8-21-13)10-14(19)11-3-5-12(6-4-11)15(16,17)18/h3-6,13-14H,2,7-10,19H2,1H3. The maximum absolute atomic E-state index is 12.5. The number of benzene rings is 1. The SMILES string of the molecule is CCC1CN(CC(N)c2ccc(C(F)(F)F)cc2)CCO1. The number of rotatable bonds is 4. The van der Waals surface area contributed by atoms with Crippen LogP contribution < -0.4 is 5.73 Å². The quantitative estimate of drug-likeness (QED) is 0.929. The molecule has 2 rings (SSSR count). The van der Waals surface area contributed by atoms with Crippen LogP contribution in [0.2, 0.25) is 0 Å². The van der Waals surface area contributed by atoms with E-state index in [2.05, 4.69) is 11.8 Å². The fourth-order valence-electron chi connectivity index (χ4n) is 2.50. The van der Waals surface area contributed by atoms with Crippen molar-refractivity contribution in [1.82, 2.24) is 4.90 Å². The fraction of sp³-hybridized carbons (Fsp3) is 0.600. The van der Waals surface area contributed by atoms with E-state index in [0.29, 0.717) is 13.2 Å². The summed E-state index contributed by atoms with van der Waals surface area (Å²) < 4.78 is 43.2. The van der Waals surface area contributed by atoms with Crippen molar-refractivity contribution in [2.75, 3.05) is 26.2 Å². The largest absolute Gasteiger partial charge is 0.416 e. The minimum Gasteiger partial charge on any atom is -0.376 e. The van der Waals surface area contributed by atoms with E-state index in [1.807, 2.05) is 0 Å². The molecule has 0 bridgehead atoms. The second kappa shape index (κ2) is 6.77. The van der Waals surface area contributed by atoms with Crippen LogP contribution >= 0.6 is 0 Å². The highest BCUT2D eigenvalue weighted by Crippen LogP contribution is 2.29. The molecule has 0 radical (unpaired) electrons. The van der Waals surface area contributed by atoms with Crippen molar-refractivity contribution in [3.05, 3.63) is 35.4 Å². The first-order chi connectivity index (χ1) is 9.90. The molecule has 0 aliphatic carbocycles. The van der Waals surface area contributed by atoms with Crippen molar-refractivity contribution in [2.24, 2.45) is 5.73 Å². The molecule has 1 saturated heterocycles. The van der Waals surface area contributed by atoms with Gasteiger partial charge in [0, 0.05) is 25.7 Å². The van der Waals surface area contributed by atoms with Crippen LogP contribution in [0.5, 0.6) is 0 Å². The van der Waals surface area contributed by atoms with Crippen molar-refractivity contribution in [1.29, 1.82) is 0 Å². The lowest BCUT2D eigenvalue weighted by Crippen LogP contribution is -2.44. The molecule has 1 heterocycles. The summed E-state index contributed by atoms with van der Waals surface area (Å²) in [5, 5.41) is 0. The van der Waals surface area contributed by atoms with Gasteiger partial charge in [-0.3, -0.25) is 4.90 Å². The summed E-state index contributed by atoms with van der Waals surface area (Å²) in [6.07, 6.45) is -3.13. The Labute approximate surface area is 122 Å². The lowest BCUT2D eigenvalue weighted by molar-refractivity contribution is -0.137. The number of alkyl halides is 3. The van der Waals surface area contributed by atoms with E-state index in [1.165, 1.54) is 12.1 Å². The molecule has 0 saturated carbocycles. The van der Waals surface area contributed by atoms with E-state index in [1.54, 1.807) is 0 Å². The Kier molecular flexibility index (Phi) is 5.24. The molecule has 0 amide bonds. The normalized spacial score (nSPS) is 22.2. The molecule has 3 nitrogen and oxygen atoms in total. The van der Waals surface area contributed by atoms with Crippen LogP contribution in [-0.2, 0) is 10.9 Å². The van der Waals surface area contributed by atoms with Crippen LogP contribution in [0.15, 0.2) is 24.3 Å². The van der Waals surface area contributed by atoms with E-state index >= 15 is 0 Å². The van der Waals surface area contributed by atoms with Crippen LogP contribution in [0.4, 0.5) is 13.2 Å². The molecule has 0 aromatic heterocycles. The van der Waals surface area contributed by atoms with Gasteiger partial charge < -0.3 is 10.5 Å². The number of morpholine rings is 1. The summed E-state index contributed by atoms with van der Waals surface area (Å²) in [4.78, 5) is 2.21. The molecule has 1 aromatic rings. The zero-order valence-corrected chi connectivity index (χ0v) is 12.1. The second-order valence-electron chi connectivity index (χ2n) is 5.39. The Bertz CT molecular complexity index is 447. The van der Waals surface area contributed by atoms with Gasteiger partial charge in [-0.15, -0.1) is 0 Å². The van der Waals surface area contributed by atoms with E-state index in [4.69, 9.17) is 10.5 Å². The van der Waals surface area contributed by atoms with Crippen molar-refractivity contribution in [3.63, 3.8) is 0 Å². The summed E-state index contributed by atoms with van der Waals surface area (Å²) in [7, 11) is 0. The molecule has 2 unspecified atom stereocenters. The van der Waals surface area contributed by atoms with Crippen LogP contribution in [0.25, 0.3) is 0 Å². The molecule has 1 aliphatic rings. The van der Waals surface area contributed by atoms with E-state index in [9.17, 15) is 13.2 Å². The monoisotopic (exact) mass is 302 g/mol. The second-order valence-corrected chi connectivity index (χ2v) is 5.39. The maximum Gasteiger partial charge on any atom is 0.416 e. The number of hydrogen-bond acceptors (Lipinski definition) is 3. The van der Waals surface area contributed by atoms with Crippen molar-refractivity contribution in [3.8, 4) is 0 Å². The molecule has 1 aliphatic heterocycles.